The molecule has 0 fully saturated rings. The van der Waals surface area contributed by atoms with Crippen molar-refractivity contribution in [3.8, 4) is 0 Å². The van der Waals surface area contributed by atoms with Gasteiger partial charge in [-0.2, -0.15) is 0 Å². The maximum Gasteiger partial charge on any atom is 0.283 e. The quantitative estimate of drug-likeness (QED) is 0.652. The van der Waals surface area contributed by atoms with Crippen molar-refractivity contribution in [3.63, 3.8) is 0 Å². The van der Waals surface area contributed by atoms with E-state index in [4.69, 9.17) is 16.3 Å². The number of hydrogen-bond donors (Lipinski definition) is 0. The average molecular weight is 182 g/mol. The van der Waals surface area contributed by atoms with Crippen LogP contribution in [0.15, 0.2) is 35.3 Å². The second-order valence-electron chi connectivity index (χ2n) is 2.62. The molecule has 0 N–H and O–H groups in total. The summed E-state index contributed by atoms with van der Waals surface area (Å²) in [6.07, 6.45) is 0. The van der Waals surface area contributed by atoms with Crippen molar-refractivity contribution in [2.24, 2.45) is 4.99 Å². The Bertz CT molecular complexity index is 297. The Morgan fingerprint density at radius 2 is 2.08 bits per heavy atom. The van der Waals surface area contributed by atoms with Crippen molar-refractivity contribution in [1.29, 1.82) is 0 Å². The van der Waals surface area contributed by atoms with E-state index in [2.05, 4.69) is 4.99 Å². The molecule has 1 aromatic rings. The van der Waals surface area contributed by atoms with Crippen LogP contribution in [0.25, 0.3) is 0 Å². The van der Waals surface area contributed by atoms with Crippen LogP contribution in [0.4, 0.5) is 0 Å². The van der Waals surface area contributed by atoms with Gasteiger partial charge in [-0.05, 0) is 17.2 Å². The van der Waals surface area contributed by atoms with Gasteiger partial charge in [-0.15, -0.1) is 0 Å². The van der Waals surface area contributed by atoms with E-state index in [1.165, 1.54) is 0 Å². The molecule has 0 amide bonds. The summed E-state index contributed by atoms with van der Waals surface area (Å²) in [5.41, 5.74) is 1.15. The van der Waals surface area contributed by atoms with Crippen LogP contribution < -0.4 is 0 Å². The zero-order valence-electron chi connectivity index (χ0n) is 6.40. The largest absolute Gasteiger partial charge is 0.467 e. The molecule has 1 aromatic carbocycles. The predicted molar refractivity (Wildman–Crippen MR) is 48.4 cm³/mol. The molecular formula is C9H8ClNO. The summed E-state index contributed by atoms with van der Waals surface area (Å²) in [5, 5.41) is 0.267. The molecule has 0 saturated heterocycles. The van der Waals surface area contributed by atoms with Gasteiger partial charge in [0, 0.05) is 0 Å². The van der Waals surface area contributed by atoms with E-state index in [9.17, 15) is 0 Å². The van der Waals surface area contributed by atoms with Gasteiger partial charge in [-0.3, -0.25) is 0 Å². The lowest BCUT2D eigenvalue weighted by Crippen LogP contribution is -1.96. The summed E-state index contributed by atoms with van der Waals surface area (Å²) in [6.45, 7) is 0.558. The molecule has 1 atom stereocenters. The van der Waals surface area contributed by atoms with Crippen LogP contribution in [0.1, 0.15) is 11.6 Å². The average Bonchev–Trinajstić information content (AvgIpc) is 2.54. The third-order valence-corrected chi connectivity index (χ3v) is 2.01. The Hall–Kier alpha value is -1.02. The highest BCUT2D eigenvalue weighted by Gasteiger charge is 2.18. The Kier molecular flexibility index (Phi) is 2.00. The number of aliphatic imine (C=N–C) groups is 1. The third-order valence-electron chi connectivity index (χ3n) is 1.80. The normalized spacial score (nSPS) is 21.8. The Morgan fingerprint density at radius 1 is 1.33 bits per heavy atom. The zero-order chi connectivity index (χ0) is 8.39. The van der Waals surface area contributed by atoms with Gasteiger partial charge < -0.3 is 4.74 Å². The number of hydrogen-bond acceptors (Lipinski definition) is 2. The topological polar surface area (TPSA) is 21.6 Å². The molecule has 0 bridgehead atoms. The lowest BCUT2D eigenvalue weighted by Gasteiger charge is -2.03. The van der Waals surface area contributed by atoms with Gasteiger partial charge in [0.25, 0.3) is 5.36 Å². The second kappa shape index (κ2) is 3.15. The third kappa shape index (κ3) is 1.43. The van der Waals surface area contributed by atoms with Gasteiger partial charge in [-0.1, -0.05) is 30.3 Å². The molecule has 0 saturated carbocycles. The van der Waals surface area contributed by atoms with Crippen molar-refractivity contribution in [3.05, 3.63) is 35.9 Å². The molecule has 0 aliphatic carbocycles. The molecular weight excluding hydrogens is 174 g/mol. The monoisotopic (exact) mass is 181 g/mol. The standard InChI is InChI=1S/C9H8ClNO/c10-9-11-8(6-12-9)7-4-2-1-3-5-7/h1-5,8H,6H2. The Morgan fingerprint density at radius 3 is 2.67 bits per heavy atom. The van der Waals surface area contributed by atoms with Gasteiger partial charge in [0.2, 0.25) is 0 Å². The van der Waals surface area contributed by atoms with Gasteiger partial charge in [0.15, 0.2) is 0 Å². The van der Waals surface area contributed by atoms with E-state index in [0.717, 1.165) is 5.56 Å². The number of ether oxygens (including phenoxy) is 1. The highest BCUT2D eigenvalue weighted by molar-refractivity contribution is 6.63. The first-order chi connectivity index (χ1) is 5.86. The van der Waals surface area contributed by atoms with Gasteiger partial charge in [0.05, 0.1) is 0 Å². The van der Waals surface area contributed by atoms with Crippen LogP contribution in [0.2, 0.25) is 0 Å². The molecule has 1 unspecified atom stereocenters. The Labute approximate surface area is 75.8 Å². The van der Waals surface area contributed by atoms with Crippen LogP contribution in [-0.2, 0) is 4.74 Å². The molecule has 3 heteroatoms. The maximum absolute atomic E-state index is 5.58. The molecule has 12 heavy (non-hydrogen) atoms. The summed E-state index contributed by atoms with van der Waals surface area (Å²) < 4.78 is 5.04. The lowest BCUT2D eigenvalue weighted by atomic mass is 10.1. The van der Waals surface area contributed by atoms with Crippen molar-refractivity contribution in [2.45, 2.75) is 6.04 Å². The minimum Gasteiger partial charge on any atom is -0.467 e. The Balaban J connectivity index is 2.22. The zero-order valence-corrected chi connectivity index (χ0v) is 7.16. The van der Waals surface area contributed by atoms with Gasteiger partial charge in [-0.25, -0.2) is 4.99 Å². The van der Waals surface area contributed by atoms with Crippen molar-refractivity contribution < 1.29 is 4.74 Å². The molecule has 1 heterocycles. The minimum absolute atomic E-state index is 0.0821. The smallest absolute Gasteiger partial charge is 0.283 e. The summed E-state index contributed by atoms with van der Waals surface area (Å²) in [6, 6.07) is 10.1. The lowest BCUT2D eigenvalue weighted by molar-refractivity contribution is 0.325. The first-order valence-electron chi connectivity index (χ1n) is 3.77. The fourth-order valence-electron chi connectivity index (χ4n) is 1.19. The molecule has 2 nitrogen and oxygen atoms in total. The molecule has 2 rings (SSSR count). The van der Waals surface area contributed by atoms with Crippen molar-refractivity contribution in [2.75, 3.05) is 6.61 Å². The fraction of sp³-hybridized carbons (Fsp3) is 0.222. The van der Waals surface area contributed by atoms with E-state index in [0.29, 0.717) is 6.61 Å². The highest BCUT2D eigenvalue weighted by atomic mass is 35.5. The van der Waals surface area contributed by atoms with Crippen LogP contribution in [0.5, 0.6) is 0 Å². The van der Waals surface area contributed by atoms with E-state index in [1.807, 2.05) is 30.3 Å². The van der Waals surface area contributed by atoms with E-state index in [-0.39, 0.29) is 11.4 Å². The summed E-state index contributed by atoms with van der Waals surface area (Å²) in [7, 11) is 0. The molecule has 0 aromatic heterocycles. The van der Waals surface area contributed by atoms with E-state index in [1.54, 1.807) is 0 Å². The van der Waals surface area contributed by atoms with Crippen LogP contribution in [0.3, 0.4) is 0 Å². The van der Waals surface area contributed by atoms with Crippen molar-refractivity contribution >= 4 is 17.0 Å². The SMILES string of the molecule is ClC1=NC(c2ccccc2)CO1. The summed E-state index contributed by atoms with van der Waals surface area (Å²) in [4.78, 5) is 4.12. The van der Waals surface area contributed by atoms with Gasteiger partial charge in [0.1, 0.15) is 12.6 Å². The molecule has 0 spiro atoms. The predicted octanol–water partition coefficient (Wildman–Crippen LogP) is 2.35. The van der Waals surface area contributed by atoms with Gasteiger partial charge >= 0.3 is 0 Å². The van der Waals surface area contributed by atoms with Crippen LogP contribution in [0, 0.1) is 0 Å². The first-order valence-corrected chi connectivity index (χ1v) is 4.15. The minimum atomic E-state index is 0.0821. The number of halogens is 1. The van der Waals surface area contributed by atoms with E-state index >= 15 is 0 Å². The highest BCUT2D eigenvalue weighted by Crippen LogP contribution is 2.23. The number of benzene rings is 1. The molecule has 1 aliphatic heterocycles. The van der Waals surface area contributed by atoms with E-state index < -0.39 is 0 Å². The van der Waals surface area contributed by atoms with Crippen LogP contribution >= 0.6 is 11.6 Å². The molecule has 62 valence electrons. The number of rotatable bonds is 1. The second-order valence-corrected chi connectivity index (χ2v) is 2.94. The number of nitrogens with zero attached hydrogens (tertiary/aromatic N) is 1. The molecule has 0 radical (unpaired) electrons. The van der Waals surface area contributed by atoms with Crippen LogP contribution in [-0.4, -0.2) is 12.0 Å². The fourth-order valence-corrected chi connectivity index (χ4v) is 1.37. The first kappa shape index (κ1) is 7.62. The maximum atomic E-state index is 5.58. The van der Waals surface area contributed by atoms with Crippen molar-refractivity contribution in [1.82, 2.24) is 0 Å². The molecule has 1 aliphatic rings. The summed E-state index contributed by atoms with van der Waals surface area (Å²) >= 11 is 5.58. The summed E-state index contributed by atoms with van der Waals surface area (Å²) in [5.74, 6) is 0.